The van der Waals surface area contributed by atoms with Crippen molar-refractivity contribution in [3.63, 3.8) is 0 Å². The molecular weight excluding hydrogens is 581 g/mol. The van der Waals surface area contributed by atoms with Crippen LogP contribution in [0, 0.1) is 0 Å². The average molecular weight is 611 g/mol. The van der Waals surface area contributed by atoms with Gasteiger partial charge in [-0.1, -0.05) is 71.2 Å². The third kappa shape index (κ3) is 7.88. The van der Waals surface area contributed by atoms with Crippen molar-refractivity contribution in [3.8, 4) is 0 Å². The van der Waals surface area contributed by atoms with Gasteiger partial charge in [0, 0.05) is 22.1 Å². The van der Waals surface area contributed by atoms with Crippen LogP contribution in [-0.4, -0.2) is 43.3 Å². The number of nitrogens with one attached hydrogen (secondary N) is 1. The summed E-state index contributed by atoms with van der Waals surface area (Å²) in [6, 6.07) is 18.0. The van der Waals surface area contributed by atoms with Crippen LogP contribution < -0.4 is 9.62 Å². The maximum absolute atomic E-state index is 13.9. The summed E-state index contributed by atoms with van der Waals surface area (Å²) in [4.78, 5) is 28.4. The summed E-state index contributed by atoms with van der Waals surface area (Å²) in [5, 5.41) is 3.61. The van der Waals surface area contributed by atoms with Gasteiger partial charge in [-0.05, 0) is 69.7 Å². The summed E-state index contributed by atoms with van der Waals surface area (Å²) in [5.74, 6) is -1.04. The zero-order chi connectivity index (χ0) is 29.0. The summed E-state index contributed by atoms with van der Waals surface area (Å²) in [7, 11) is -4.26. The molecule has 0 aliphatic rings. The zero-order valence-electron chi connectivity index (χ0n) is 22.0. The molecule has 208 valence electrons. The summed E-state index contributed by atoms with van der Waals surface area (Å²) in [6.07, 6.45) is 0. The third-order valence-corrected chi connectivity index (χ3v) is 8.45. The molecule has 0 aliphatic carbocycles. The van der Waals surface area contributed by atoms with Crippen molar-refractivity contribution in [2.45, 2.75) is 50.7 Å². The number of halogens is 3. The number of hydrogen-bond acceptors (Lipinski definition) is 4. The molecule has 3 aromatic carbocycles. The van der Waals surface area contributed by atoms with Crippen molar-refractivity contribution in [3.05, 3.63) is 93.4 Å². The van der Waals surface area contributed by atoms with Gasteiger partial charge in [-0.25, -0.2) is 8.42 Å². The largest absolute Gasteiger partial charge is 0.350 e. The molecule has 0 spiro atoms. The molecule has 0 saturated carbocycles. The normalized spacial score (nSPS) is 12.5. The molecule has 1 N–H and O–H groups in total. The first kappa shape index (κ1) is 30.8. The molecule has 0 bridgehead atoms. The first-order chi connectivity index (χ1) is 18.2. The molecule has 0 saturated heterocycles. The SMILES string of the molecule is C[C@@H](C(=O)NC(C)(C)C)N(Cc1ccccc1Cl)C(=O)CN(c1cc(Cl)ccc1Cl)S(=O)(=O)c1ccccc1. The standard InChI is InChI=1S/C28H30Cl3N3O4S/c1-19(27(36)32-28(2,3)4)33(17-20-10-8-9-13-23(20)30)26(35)18-34(25-16-21(29)14-15-24(25)31)39(37,38)22-11-6-5-7-12-22/h5-16,19H,17-18H2,1-4H3,(H,32,36)/t19-/m0/s1. The van der Waals surface area contributed by atoms with Crippen LogP contribution in [0.4, 0.5) is 5.69 Å². The molecule has 0 aromatic heterocycles. The molecule has 1 atom stereocenters. The van der Waals surface area contributed by atoms with Crippen molar-refractivity contribution < 1.29 is 18.0 Å². The fourth-order valence-electron chi connectivity index (χ4n) is 3.78. The van der Waals surface area contributed by atoms with E-state index in [4.69, 9.17) is 34.8 Å². The van der Waals surface area contributed by atoms with Gasteiger partial charge in [-0.3, -0.25) is 13.9 Å². The Labute approximate surface area is 244 Å². The molecule has 0 heterocycles. The molecular formula is C28H30Cl3N3O4S. The summed E-state index contributed by atoms with van der Waals surface area (Å²) < 4.78 is 28.5. The Bertz CT molecular complexity index is 1440. The van der Waals surface area contributed by atoms with E-state index >= 15 is 0 Å². The van der Waals surface area contributed by atoms with E-state index in [9.17, 15) is 18.0 Å². The number of sulfonamides is 1. The number of benzene rings is 3. The Morgan fingerprint density at radius 2 is 1.51 bits per heavy atom. The van der Waals surface area contributed by atoms with E-state index in [0.717, 1.165) is 4.31 Å². The molecule has 0 fully saturated rings. The molecule has 11 heteroatoms. The maximum Gasteiger partial charge on any atom is 0.264 e. The number of rotatable bonds is 9. The molecule has 2 amide bonds. The van der Waals surface area contributed by atoms with Crippen LogP contribution >= 0.6 is 34.8 Å². The molecule has 3 aromatic rings. The van der Waals surface area contributed by atoms with Gasteiger partial charge < -0.3 is 10.2 Å². The highest BCUT2D eigenvalue weighted by atomic mass is 35.5. The van der Waals surface area contributed by atoms with Crippen molar-refractivity contribution in [2.75, 3.05) is 10.8 Å². The van der Waals surface area contributed by atoms with E-state index in [2.05, 4.69) is 5.32 Å². The number of carbonyl (C=O) groups excluding carboxylic acids is 2. The molecule has 3 rings (SSSR count). The minimum atomic E-state index is -4.26. The van der Waals surface area contributed by atoms with Crippen molar-refractivity contribution in [1.29, 1.82) is 0 Å². The smallest absolute Gasteiger partial charge is 0.264 e. The van der Waals surface area contributed by atoms with E-state index in [1.165, 1.54) is 35.2 Å². The Kier molecular flexibility index (Phi) is 9.93. The second kappa shape index (κ2) is 12.6. The molecule has 39 heavy (non-hydrogen) atoms. The lowest BCUT2D eigenvalue weighted by Gasteiger charge is -2.33. The fraction of sp³-hybridized carbons (Fsp3) is 0.286. The summed E-state index contributed by atoms with van der Waals surface area (Å²) in [6.45, 7) is 6.39. The Morgan fingerprint density at radius 1 is 0.897 bits per heavy atom. The summed E-state index contributed by atoms with van der Waals surface area (Å²) >= 11 is 19.0. The number of amides is 2. The van der Waals surface area contributed by atoms with Gasteiger partial charge in [0.2, 0.25) is 11.8 Å². The van der Waals surface area contributed by atoms with Crippen LogP contribution in [0.5, 0.6) is 0 Å². The van der Waals surface area contributed by atoms with Crippen molar-refractivity contribution in [1.82, 2.24) is 10.2 Å². The van der Waals surface area contributed by atoms with Crippen LogP contribution in [0.2, 0.25) is 15.1 Å². The van der Waals surface area contributed by atoms with Crippen LogP contribution in [0.1, 0.15) is 33.3 Å². The number of anilines is 1. The van der Waals surface area contributed by atoms with E-state index in [1.807, 2.05) is 20.8 Å². The number of hydrogen-bond donors (Lipinski definition) is 1. The third-order valence-electron chi connectivity index (χ3n) is 5.75. The number of carbonyl (C=O) groups is 2. The highest BCUT2D eigenvalue weighted by Gasteiger charge is 2.34. The lowest BCUT2D eigenvalue weighted by molar-refractivity contribution is -0.140. The van der Waals surface area contributed by atoms with Gasteiger partial charge in [-0.15, -0.1) is 0 Å². The van der Waals surface area contributed by atoms with Gasteiger partial charge in [0.05, 0.1) is 15.6 Å². The van der Waals surface area contributed by atoms with Crippen LogP contribution in [-0.2, 0) is 26.2 Å². The predicted molar refractivity (Wildman–Crippen MR) is 157 cm³/mol. The summed E-state index contributed by atoms with van der Waals surface area (Å²) in [5.41, 5.74) is 0.0774. The van der Waals surface area contributed by atoms with Crippen molar-refractivity contribution >= 4 is 62.3 Å². The topological polar surface area (TPSA) is 86.8 Å². The zero-order valence-corrected chi connectivity index (χ0v) is 25.1. The lowest BCUT2D eigenvalue weighted by Crippen LogP contribution is -2.54. The van der Waals surface area contributed by atoms with E-state index in [1.54, 1.807) is 49.4 Å². The minimum Gasteiger partial charge on any atom is -0.350 e. The Morgan fingerprint density at radius 3 is 2.13 bits per heavy atom. The van der Waals surface area contributed by atoms with Gasteiger partial charge in [0.1, 0.15) is 12.6 Å². The molecule has 0 aliphatic heterocycles. The minimum absolute atomic E-state index is 0.0280. The second-order valence-electron chi connectivity index (χ2n) is 9.95. The quantitative estimate of drug-likeness (QED) is 0.314. The highest BCUT2D eigenvalue weighted by Crippen LogP contribution is 2.33. The highest BCUT2D eigenvalue weighted by molar-refractivity contribution is 7.92. The van der Waals surface area contributed by atoms with E-state index in [-0.39, 0.29) is 27.2 Å². The number of nitrogens with zero attached hydrogens (tertiary/aromatic N) is 2. The van der Waals surface area contributed by atoms with Gasteiger partial charge >= 0.3 is 0 Å². The fourth-order valence-corrected chi connectivity index (χ4v) is 5.85. The maximum atomic E-state index is 13.9. The molecule has 0 radical (unpaired) electrons. The van der Waals surface area contributed by atoms with Gasteiger partial charge in [0.15, 0.2) is 0 Å². The van der Waals surface area contributed by atoms with Gasteiger partial charge in [-0.2, -0.15) is 0 Å². The van der Waals surface area contributed by atoms with Crippen LogP contribution in [0.25, 0.3) is 0 Å². The van der Waals surface area contributed by atoms with Crippen LogP contribution in [0.15, 0.2) is 77.7 Å². The Balaban J connectivity index is 2.08. The monoisotopic (exact) mass is 609 g/mol. The molecule has 0 unspecified atom stereocenters. The second-order valence-corrected chi connectivity index (χ2v) is 13.1. The predicted octanol–water partition coefficient (Wildman–Crippen LogP) is 6.17. The first-order valence-corrected chi connectivity index (χ1v) is 14.7. The van der Waals surface area contributed by atoms with E-state index < -0.39 is 40.0 Å². The first-order valence-electron chi connectivity index (χ1n) is 12.1. The van der Waals surface area contributed by atoms with Gasteiger partial charge in [0.25, 0.3) is 10.0 Å². The van der Waals surface area contributed by atoms with Crippen LogP contribution in [0.3, 0.4) is 0 Å². The lowest BCUT2D eigenvalue weighted by atomic mass is 10.1. The molecule has 7 nitrogen and oxygen atoms in total. The average Bonchev–Trinajstić information content (AvgIpc) is 2.87. The Hall–Kier alpha value is -2.78. The van der Waals surface area contributed by atoms with Crippen molar-refractivity contribution in [2.24, 2.45) is 0 Å². The van der Waals surface area contributed by atoms with E-state index in [0.29, 0.717) is 10.6 Å².